The number of ether oxygens (including phenoxy) is 1. The van der Waals surface area contributed by atoms with E-state index in [4.69, 9.17) is 27.9 Å². The first kappa shape index (κ1) is 17.9. The largest absolute Gasteiger partial charge is 0.481 e. The molecule has 5 nitrogen and oxygen atoms in total. The minimum Gasteiger partial charge on any atom is -0.481 e. The number of carboxylic acids is 1. The Bertz CT molecular complexity index is 622. The van der Waals surface area contributed by atoms with E-state index < -0.39 is 17.5 Å². The van der Waals surface area contributed by atoms with Crippen LogP contribution in [0.25, 0.3) is 0 Å². The topological polar surface area (TPSA) is 66.8 Å². The third kappa shape index (κ3) is 4.09. The van der Waals surface area contributed by atoms with Crippen LogP contribution in [0.4, 0.5) is 0 Å². The van der Waals surface area contributed by atoms with Gasteiger partial charge < -0.3 is 14.7 Å². The fraction of sp³-hybridized carbons (Fsp3) is 0.500. The Labute approximate surface area is 145 Å². The van der Waals surface area contributed by atoms with Crippen LogP contribution in [-0.4, -0.2) is 41.1 Å². The van der Waals surface area contributed by atoms with E-state index in [2.05, 4.69) is 0 Å². The SMILES string of the molecule is CC(Oc1ccc(Cl)cc1Cl)C(=O)N1CCCC(C)(C(=O)O)C1. The Kier molecular flexibility index (Phi) is 5.42. The van der Waals surface area contributed by atoms with Gasteiger partial charge in [-0.3, -0.25) is 9.59 Å². The summed E-state index contributed by atoms with van der Waals surface area (Å²) in [5.41, 5.74) is -0.911. The molecule has 0 bridgehead atoms. The van der Waals surface area contributed by atoms with Crippen LogP contribution in [0.5, 0.6) is 5.75 Å². The van der Waals surface area contributed by atoms with Crippen molar-refractivity contribution in [2.45, 2.75) is 32.8 Å². The van der Waals surface area contributed by atoms with Crippen LogP contribution < -0.4 is 4.74 Å². The number of hydrogen-bond acceptors (Lipinski definition) is 3. The fourth-order valence-electron chi connectivity index (χ4n) is 2.67. The smallest absolute Gasteiger partial charge is 0.311 e. The molecule has 1 heterocycles. The molecule has 0 aromatic heterocycles. The van der Waals surface area contributed by atoms with Crippen LogP contribution in [0.2, 0.25) is 10.0 Å². The van der Waals surface area contributed by atoms with Gasteiger partial charge in [-0.05, 0) is 44.9 Å². The molecule has 0 radical (unpaired) electrons. The number of carbonyl (C=O) groups excluding carboxylic acids is 1. The van der Waals surface area contributed by atoms with Gasteiger partial charge in [0.1, 0.15) is 5.75 Å². The highest BCUT2D eigenvalue weighted by atomic mass is 35.5. The van der Waals surface area contributed by atoms with Crippen LogP contribution in [-0.2, 0) is 9.59 Å². The van der Waals surface area contributed by atoms with Crippen LogP contribution >= 0.6 is 23.2 Å². The van der Waals surface area contributed by atoms with E-state index in [1.807, 2.05) is 0 Å². The molecule has 1 fully saturated rings. The number of aliphatic carboxylic acids is 1. The van der Waals surface area contributed by atoms with Gasteiger partial charge in [-0.15, -0.1) is 0 Å². The van der Waals surface area contributed by atoms with Crippen molar-refractivity contribution >= 4 is 35.1 Å². The van der Waals surface area contributed by atoms with Crippen molar-refractivity contribution < 1.29 is 19.4 Å². The van der Waals surface area contributed by atoms with E-state index in [1.165, 1.54) is 6.07 Å². The highest BCUT2D eigenvalue weighted by Gasteiger charge is 2.40. The van der Waals surface area contributed by atoms with Crippen LogP contribution in [0.15, 0.2) is 18.2 Å². The molecule has 0 spiro atoms. The predicted molar refractivity (Wildman–Crippen MR) is 88.1 cm³/mol. The van der Waals surface area contributed by atoms with Gasteiger partial charge in [0.25, 0.3) is 5.91 Å². The standard InChI is InChI=1S/C16H19Cl2NO4/c1-10(23-13-5-4-11(17)8-12(13)18)14(20)19-7-3-6-16(2,9-19)15(21)22/h4-5,8,10H,3,6-7,9H2,1-2H3,(H,21,22). The third-order valence-electron chi connectivity index (χ3n) is 4.07. The van der Waals surface area contributed by atoms with Gasteiger partial charge in [0.2, 0.25) is 0 Å². The minimum absolute atomic E-state index is 0.184. The second-order valence-corrected chi connectivity index (χ2v) is 6.91. The lowest BCUT2D eigenvalue weighted by Gasteiger charge is -2.38. The number of nitrogens with zero attached hydrogens (tertiary/aromatic N) is 1. The summed E-state index contributed by atoms with van der Waals surface area (Å²) in [4.78, 5) is 25.5. The summed E-state index contributed by atoms with van der Waals surface area (Å²) in [5.74, 6) is -0.762. The molecule has 126 valence electrons. The van der Waals surface area contributed by atoms with Gasteiger partial charge in [-0.1, -0.05) is 23.2 Å². The number of benzene rings is 1. The predicted octanol–water partition coefficient (Wildman–Crippen LogP) is 3.47. The zero-order valence-corrected chi connectivity index (χ0v) is 14.5. The molecular weight excluding hydrogens is 341 g/mol. The van der Waals surface area contributed by atoms with E-state index in [1.54, 1.807) is 30.9 Å². The second-order valence-electron chi connectivity index (χ2n) is 6.06. The lowest BCUT2D eigenvalue weighted by Crippen LogP contribution is -2.51. The number of amides is 1. The van der Waals surface area contributed by atoms with Gasteiger partial charge >= 0.3 is 5.97 Å². The number of carbonyl (C=O) groups is 2. The number of halogens is 2. The molecule has 7 heteroatoms. The number of rotatable bonds is 4. The van der Waals surface area contributed by atoms with Crippen LogP contribution in [0, 0.1) is 5.41 Å². The van der Waals surface area contributed by atoms with E-state index in [0.717, 1.165) is 0 Å². The molecule has 0 aliphatic carbocycles. The lowest BCUT2D eigenvalue weighted by molar-refractivity contribution is -0.155. The van der Waals surface area contributed by atoms with E-state index >= 15 is 0 Å². The zero-order valence-electron chi connectivity index (χ0n) is 13.0. The molecule has 2 unspecified atom stereocenters. The first-order valence-electron chi connectivity index (χ1n) is 7.37. The first-order chi connectivity index (χ1) is 10.7. The molecule has 1 aliphatic rings. The maximum absolute atomic E-state index is 12.5. The van der Waals surface area contributed by atoms with Gasteiger partial charge in [0.15, 0.2) is 6.10 Å². The Hall–Kier alpha value is -1.46. The lowest BCUT2D eigenvalue weighted by atomic mass is 9.82. The van der Waals surface area contributed by atoms with Gasteiger partial charge in [0.05, 0.1) is 10.4 Å². The highest BCUT2D eigenvalue weighted by Crippen LogP contribution is 2.31. The molecule has 1 saturated heterocycles. The molecular formula is C16H19Cl2NO4. The average molecular weight is 360 g/mol. The molecule has 1 N–H and O–H groups in total. The molecule has 23 heavy (non-hydrogen) atoms. The van der Waals surface area contributed by atoms with Crippen LogP contribution in [0.3, 0.4) is 0 Å². The van der Waals surface area contributed by atoms with Crippen molar-refractivity contribution in [3.05, 3.63) is 28.2 Å². The molecule has 1 aliphatic heterocycles. The normalized spacial score (nSPS) is 22.5. The number of carboxylic acid groups (broad SMARTS) is 1. The molecule has 1 aromatic carbocycles. The van der Waals surface area contributed by atoms with Gasteiger partial charge in [-0.25, -0.2) is 0 Å². The molecule has 1 amide bonds. The number of hydrogen-bond donors (Lipinski definition) is 1. The van der Waals surface area contributed by atoms with Crippen molar-refractivity contribution in [1.29, 1.82) is 0 Å². The van der Waals surface area contributed by atoms with Crippen molar-refractivity contribution in [2.75, 3.05) is 13.1 Å². The Morgan fingerprint density at radius 1 is 1.39 bits per heavy atom. The Morgan fingerprint density at radius 2 is 2.09 bits per heavy atom. The summed E-state index contributed by atoms with van der Waals surface area (Å²) in [5, 5.41) is 10.1. The van der Waals surface area contributed by atoms with Gasteiger partial charge in [-0.2, -0.15) is 0 Å². The summed E-state index contributed by atoms with van der Waals surface area (Å²) in [6, 6.07) is 4.77. The van der Waals surface area contributed by atoms with Gasteiger partial charge in [0, 0.05) is 18.1 Å². The summed E-state index contributed by atoms with van der Waals surface area (Å²) in [6.07, 6.45) is 0.456. The van der Waals surface area contributed by atoms with Crippen LogP contribution in [0.1, 0.15) is 26.7 Å². The molecule has 1 aromatic rings. The third-order valence-corrected chi connectivity index (χ3v) is 4.60. The van der Waals surface area contributed by atoms with E-state index in [0.29, 0.717) is 35.2 Å². The summed E-state index contributed by atoms with van der Waals surface area (Å²) < 4.78 is 5.61. The Morgan fingerprint density at radius 3 is 2.70 bits per heavy atom. The fourth-order valence-corrected chi connectivity index (χ4v) is 3.12. The van der Waals surface area contributed by atoms with Crippen molar-refractivity contribution in [1.82, 2.24) is 4.90 Å². The molecule has 0 saturated carbocycles. The second kappa shape index (κ2) is 6.97. The number of piperidine rings is 1. The summed E-state index contributed by atoms with van der Waals surface area (Å²) in [7, 11) is 0. The number of likely N-dealkylation sites (tertiary alicyclic amines) is 1. The molecule has 2 rings (SSSR count). The maximum atomic E-state index is 12.5. The zero-order chi connectivity index (χ0) is 17.2. The van der Waals surface area contributed by atoms with Crippen molar-refractivity contribution in [2.24, 2.45) is 5.41 Å². The highest BCUT2D eigenvalue weighted by molar-refractivity contribution is 6.35. The van der Waals surface area contributed by atoms with Crippen molar-refractivity contribution in [3.63, 3.8) is 0 Å². The first-order valence-corrected chi connectivity index (χ1v) is 8.12. The average Bonchev–Trinajstić information content (AvgIpc) is 2.49. The van der Waals surface area contributed by atoms with E-state index in [-0.39, 0.29) is 12.5 Å². The van der Waals surface area contributed by atoms with Crippen molar-refractivity contribution in [3.8, 4) is 5.75 Å². The maximum Gasteiger partial charge on any atom is 0.311 e. The quantitative estimate of drug-likeness (QED) is 0.893. The summed E-state index contributed by atoms with van der Waals surface area (Å²) in [6.45, 7) is 4.00. The monoisotopic (exact) mass is 359 g/mol. The Balaban J connectivity index is 2.06. The minimum atomic E-state index is -0.911. The van der Waals surface area contributed by atoms with E-state index in [9.17, 15) is 14.7 Å². The summed E-state index contributed by atoms with van der Waals surface area (Å²) >= 11 is 11.9. The molecule has 2 atom stereocenters.